The molecule has 3 aromatic carbocycles. The van der Waals surface area contributed by atoms with Crippen LogP contribution in [0.2, 0.25) is 5.02 Å². The average molecular weight is 433 g/mol. The van der Waals surface area contributed by atoms with E-state index in [4.69, 9.17) is 11.6 Å². The van der Waals surface area contributed by atoms with Gasteiger partial charge in [0.2, 0.25) is 0 Å². The first-order chi connectivity index (χ1) is 13.7. The molecule has 0 aliphatic carbocycles. The van der Waals surface area contributed by atoms with Crippen LogP contribution in [0.1, 0.15) is 21.5 Å². The Bertz CT molecular complexity index is 1180. The average Bonchev–Trinajstić information content (AvgIpc) is 2.66. The maximum Gasteiger partial charge on any atom is 0.261 e. The lowest BCUT2D eigenvalue weighted by atomic mass is 10.1. The second-order valence-electron chi connectivity index (χ2n) is 6.50. The lowest BCUT2D eigenvalue weighted by molar-refractivity contribution is 0.102. The molecule has 0 bridgehead atoms. The number of rotatable bonds is 5. The predicted molar refractivity (Wildman–Crippen MR) is 113 cm³/mol. The molecule has 0 unspecified atom stereocenters. The second kappa shape index (κ2) is 8.23. The molecule has 29 heavy (non-hydrogen) atoms. The number of carbonyl (C=O) groups is 1. The van der Waals surface area contributed by atoms with Gasteiger partial charge in [-0.25, -0.2) is 12.8 Å². The summed E-state index contributed by atoms with van der Waals surface area (Å²) in [6.45, 7) is 3.54. The third-order valence-electron chi connectivity index (χ3n) is 4.31. The highest BCUT2D eigenvalue weighted by atomic mass is 35.5. The van der Waals surface area contributed by atoms with Crippen LogP contribution in [0.3, 0.4) is 0 Å². The van der Waals surface area contributed by atoms with E-state index < -0.39 is 21.7 Å². The van der Waals surface area contributed by atoms with Crippen LogP contribution in [0.25, 0.3) is 0 Å². The largest absolute Gasteiger partial charge is 0.322 e. The molecule has 0 aliphatic rings. The van der Waals surface area contributed by atoms with E-state index in [2.05, 4.69) is 10.0 Å². The van der Waals surface area contributed by atoms with Crippen LogP contribution in [-0.2, 0) is 10.0 Å². The SMILES string of the molecule is Cc1ccc(Cl)cc1NC(=O)c1cc(S(=O)(=O)Nc2ccc(F)cc2)ccc1C. The van der Waals surface area contributed by atoms with E-state index in [1.807, 2.05) is 6.92 Å². The van der Waals surface area contributed by atoms with E-state index in [1.165, 1.54) is 24.3 Å². The first kappa shape index (κ1) is 20.8. The molecule has 5 nitrogen and oxygen atoms in total. The molecule has 150 valence electrons. The number of amides is 1. The molecule has 0 saturated carbocycles. The Morgan fingerprint density at radius 1 is 0.931 bits per heavy atom. The van der Waals surface area contributed by atoms with Crippen molar-refractivity contribution in [2.75, 3.05) is 10.0 Å². The first-order valence-electron chi connectivity index (χ1n) is 8.62. The van der Waals surface area contributed by atoms with Crippen molar-refractivity contribution >= 4 is 38.9 Å². The summed E-state index contributed by atoms with van der Waals surface area (Å²) in [5.41, 5.74) is 2.41. The van der Waals surface area contributed by atoms with Gasteiger partial charge in [-0.15, -0.1) is 0 Å². The highest BCUT2D eigenvalue weighted by Crippen LogP contribution is 2.23. The Kier molecular flexibility index (Phi) is 5.91. The van der Waals surface area contributed by atoms with Gasteiger partial charge in [-0.2, -0.15) is 0 Å². The summed E-state index contributed by atoms with van der Waals surface area (Å²) in [5, 5.41) is 3.24. The lowest BCUT2D eigenvalue weighted by Gasteiger charge is -2.13. The standard InChI is InChI=1S/C21H18ClFN2O3S/c1-13-4-10-18(29(27,28)25-17-8-6-16(23)7-9-17)12-19(13)21(26)24-20-11-15(22)5-3-14(20)2/h3-12,25H,1-2H3,(H,24,26). The van der Waals surface area contributed by atoms with Crippen molar-refractivity contribution in [3.8, 4) is 0 Å². The van der Waals surface area contributed by atoms with Gasteiger partial charge in [0.05, 0.1) is 4.90 Å². The summed E-state index contributed by atoms with van der Waals surface area (Å²) in [7, 11) is -3.96. The molecule has 0 saturated heterocycles. The first-order valence-corrected chi connectivity index (χ1v) is 10.5. The number of hydrogen-bond acceptors (Lipinski definition) is 3. The van der Waals surface area contributed by atoms with Crippen molar-refractivity contribution in [3.05, 3.63) is 88.2 Å². The van der Waals surface area contributed by atoms with Crippen molar-refractivity contribution in [3.63, 3.8) is 0 Å². The number of sulfonamides is 1. The van der Waals surface area contributed by atoms with Crippen molar-refractivity contribution in [2.24, 2.45) is 0 Å². The molecule has 3 aromatic rings. The maximum absolute atomic E-state index is 13.0. The van der Waals surface area contributed by atoms with E-state index in [0.29, 0.717) is 16.3 Å². The Labute approximate surface area is 173 Å². The third-order valence-corrected chi connectivity index (χ3v) is 5.92. The summed E-state index contributed by atoms with van der Waals surface area (Å²) in [4.78, 5) is 12.7. The molecule has 0 radical (unpaired) electrons. The van der Waals surface area contributed by atoms with Crippen molar-refractivity contribution in [1.82, 2.24) is 0 Å². The van der Waals surface area contributed by atoms with Gasteiger partial charge in [0, 0.05) is 22.0 Å². The Morgan fingerprint density at radius 2 is 1.59 bits per heavy atom. The van der Waals surface area contributed by atoms with E-state index in [0.717, 1.165) is 17.7 Å². The zero-order chi connectivity index (χ0) is 21.2. The van der Waals surface area contributed by atoms with Crippen molar-refractivity contribution in [2.45, 2.75) is 18.7 Å². The molecule has 8 heteroatoms. The Balaban J connectivity index is 1.89. The van der Waals surface area contributed by atoms with Crippen LogP contribution in [0.5, 0.6) is 0 Å². The third kappa shape index (κ3) is 4.93. The van der Waals surface area contributed by atoms with E-state index in [9.17, 15) is 17.6 Å². The summed E-state index contributed by atoms with van der Waals surface area (Å²) < 4.78 is 40.8. The quantitative estimate of drug-likeness (QED) is 0.585. The Morgan fingerprint density at radius 3 is 2.28 bits per heavy atom. The van der Waals surface area contributed by atoms with E-state index >= 15 is 0 Å². The molecule has 0 fully saturated rings. The number of hydrogen-bond donors (Lipinski definition) is 2. The monoisotopic (exact) mass is 432 g/mol. The molecule has 0 aliphatic heterocycles. The molecule has 0 atom stereocenters. The number of halogens is 2. The van der Waals surface area contributed by atoms with Gasteiger partial charge < -0.3 is 5.32 Å². The van der Waals surface area contributed by atoms with E-state index in [-0.39, 0.29) is 16.1 Å². The molecule has 0 aromatic heterocycles. The van der Waals surface area contributed by atoms with Gasteiger partial charge in [0.1, 0.15) is 5.82 Å². The Hall–Kier alpha value is -2.90. The minimum atomic E-state index is -3.96. The van der Waals surface area contributed by atoms with Crippen LogP contribution < -0.4 is 10.0 Å². The molecular formula is C21H18ClFN2O3S. The number of carbonyl (C=O) groups excluding carboxylic acids is 1. The van der Waals surface area contributed by atoms with Crippen LogP contribution in [-0.4, -0.2) is 14.3 Å². The number of anilines is 2. The normalized spacial score (nSPS) is 11.2. The summed E-state index contributed by atoms with van der Waals surface area (Å²) in [6.07, 6.45) is 0. The summed E-state index contributed by atoms with van der Waals surface area (Å²) >= 11 is 5.99. The minimum Gasteiger partial charge on any atom is -0.322 e. The molecule has 2 N–H and O–H groups in total. The van der Waals surface area contributed by atoms with Gasteiger partial charge in [0.25, 0.3) is 15.9 Å². The summed E-state index contributed by atoms with van der Waals surface area (Å²) in [5.74, 6) is -0.926. The fourth-order valence-electron chi connectivity index (χ4n) is 2.66. The zero-order valence-electron chi connectivity index (χ0n) is 15.7. The number of aryl methyl sites for hydroxylation is 2. The van der Waals surface area contributed by atoms with Crippen LogP contribution in [0, 0.1) is 19.7 Å². The molecule has 1 amide bonds. The predicted octanol–water partition coefficient (Wildman–Crippen LogP) is 5.15. The fraction of sp³-hybridized carbons (Fsp3) is 0.0952. The smallest absolute Gasteiger partial charge is 0.261 e. The topological polar surface area (TPSA) is 75.3 Å². The number of nitrogens with one attached hydrogen (secondary N) is 2. The van der Waals surface area contributed by atoms with Gasteiger partial charge in [-0.05, 0) is 73.5 Å². The summed E-state index contributed by atoms with van der Waals surface area (Å²) in [6, 6.07) is 14.3. The van der Waals surface area contributed by atoms with Gasteiger partial charge in [0.15, 0.2) is 0 Å². The highest BCUT2D eigenvalue weighted by molar-refractivity contribution is 7.92. The fourth-order valence-corrected chi connectivity index (χ4v) is 3.92. The van der Waals surface area contributed by atoms with Crippen molar-refractivity contribution < 1.29 is 17.6 Å². The zero-order valence-corrected chi connectivity index (χ0v) is 17.2. The van der Waals surface area contributed by atoms with Crippen LogP contribution in [0.4, 0.5) is 15.8 Å². The second-order valence-corrected chi connectivity index (χ2v) is 8.62. The molecule has 0 spiro atoms. The van der Waals surface area contributed by atoms with Crippen LogP contribution in [0.15, 0.2) is 65.6 Å². The van der Waals surface area contributed by atoms with E-state index in [1.54, 1.807) is 31.2 Å². The number of benzene rings is 3. The molecule has 3 rings (SSSR count). The van der Waals surface area contributed by atoms with Gasteiger partial charge in [-0.3, -0.25) is 9.52 Å². The van der Waals surface area contributed by atoms with Crippen LogP contribution >= 0.6 is 11.6 Å². The molecule has 0 heterocycles. The van der Waals surface area contributed by atoms with Gasteiger partial charge in [-0.1, -0.05) is 23.7 Å². The molecular weight excluding hydrogens is 415 g/mol. The maximum atomic E-state index is 13.0. The lowest BCUT2D eigenvalue weighted by Crippen LogP contribution is -2.17. The van der Waals surface area contributed by atoms with Gasteiger partial charge >= 0.3 is 0 Å². The highest BCUT2D eigenvalue weighted by Gasteiger charge is 2.19. The van der Waals surface area contributed by atoms with Crippen molar-refractivity contribution in [1.29, 1.82) is 0 Å². The minimum absolute atomic E-state index is 0.0830.